The quantitative estimate of drug-likeness (QED) is 0.594. The monoisotopic (exact) mass is 264 g/mol. The molecule has 2 atom stereocenters. The van der Waals surface area contributed by atoms with Gasteiger partial charge in [-0.05, 0) is 33.6 Å². The number of likely N-dealkylation sites (tertiary alicyclic amines) is 1. The van der Waals surface area contributed by atoms with Crippen molar-refractivity contribution >= 4 is 17.7 Å². The van der Waals surface area contributed by atoms with Gasteiger partial charge >= 0.3 is 0 Å². The van der Waals surface area contributed by atoms with Gasteiger partial charge < -0.3 is 5.32 Å². The van der Waals surface area contributed by atoms with Crippen LogP contribution >= 0.6 is 0 Å². The van der Waals surface area contributed by atoms with E-state index in [4.69, 9.17) is 0 Å². The molecule has 0 spiro atoms. The summed E-state index contributed by atoms with van der Waals surface area (Å²) in [5.41, 5.74) is -0.364. The summed E-state index contributed by atoms with van der Waals surface area (Å²) in [6.45, 7) is 5.43. The minimum atomic E-state index is -0.364. The molecule has 3 amide bonds. The Kier molecular flexibility index (Phi) is 3.47. The van der Waals surface area contributed by atoms with Crippen molar-refractivity contribution in [2.24, 2.45) is 11.8 Å². The molecule has 1 N–H and O–H groups in total. The molecule has 5 heteroatoms. The first-order chi connectivity index (χ1) is 8.79. The number of nitrogens with zero attached hydrogens (tertiary/aromatic N) is 1. The molecule has 2 rings (SSSR count). The SMILES string of the molecule is CC(C)(C)NC(=O)CN1C(=O)[C@H]2CC=CC[C@@H]2C1=O. The third-order valence-corrected chi connectivity index (χ3v) is 3.41. The molecule has 1 fully saturated rings. The second-order valence-electron chi connectivity index (χ2n) is 6.22. The molecule has 0 unspecified atom stereocenters. The van der Waals surface area contributed by atoms with Gasteiger partial charge in [0.15, 0.2) is 0 Å². The lowest BCUT2D eigenvalue weighted by atomic mass is 9.85. The summed E-state index contributed by atoms with van der Waals surface area (Å²) < 4.78 is 0. The van der Waals surface area contributed by atoms with Gasteiger partial charge in [-0.1, -0.05) is 12.2 Å². The smallest absolute Gasteiger partial charge is 0.240 e. The highest BCUT2D eigenvalue weighted by Gasteiger charge is 2.47. The van der Waals surface area contributed by atoms with Crippen LogP contribution in [0.25, 0.3) is 0 Å². The molecule has 1 aliphatic heterocycles. The maximum atomic E-state index is 12.1. The Hall–Kier alpha value is -1.65. The average molecular weight is 264 g/mol. The summed E-state index contributed by atoms with van der Waals surface area (Å²) in [5.74, 6) is -1.23. The summed E-state index contributed by atoms with van der Waals surface area (Å²) in [4.78, 5) is 37.2. The average Bonchev–Trinajstić information content (AvgIpc) is 2.53. The number of allylic oxidation sites excluding steroid dienone is 2. The third kappa shape index (κ3) is 2.85. The Balaban J connectivity index is 2.04. The fourth-order valence-electron chi connectivity index (χ4n) is 2.63. The van der Waals surface area contributed by atoms with Crippen LogP contribution in [-0.2, 0) is 14.4 Å². The van der Waals surface area contributed by atoms with Crippen molar-refractivity contribution in [3.63, 3.8) is 0 Å². The zero-order valence-corrected chi connectivity index (χ0v) is 11.6. The Labute approximate surface area is 113 Å². The van der Waals surface area contributed by atoms with Gasteiger partial charge in [-0.15, -0.1) is 0 Å². The van der Waals surface area contributed by atoms with E-state index in [2.05, 4.69) is 5.32 Å². The minimum absolute atomic E-state index is 0.165. The molecule has 0 bridgehead atoms. The van der Waals surface area contributed by atoms with Crippen LogP contribution in [0.4, 0.5) is 0 Å². The van der Waals surface area contributed by atoms with E-state index in [1.54, 1.807) is 0 Å². The summed E-state index contributed by atoms with van der Waals surface area (Å²) in [6, 6.07) is 0. The van der Waals surface area contributed by atoms with E-state index in [0.29, 0.717) is 12.8 Å². The number of carbonyl (C=O) groups is 3. The standard InChI is InChI=1S/C14H20N2O3/c1-14(2,3)15-11(17)8-16-12(18)9-6-4-5-7-10(9)13(16)19/h4-5,9-10H,6-8H2,1-3H3,(H,15,17)/t9-,10-/m0/s1. The largest absolute Gasteiger partial charge is 0.350 e. The molecule has 1 saturated heterocycles. The van der Waals surface area contributed by atoms with E-state index >= 15 is 0 Å². The normalized spacial score (nSPS) is 26.6. The number of rotatable bonds is 2. The lowest BCUT2D eigenvalue weighted by Gasteiger charge is -2.22. The van der Waals surface area contributed by atoms with Crippen LogP contribution in [0.15, 0.2) is 12.2 Å². The van der Waals surface area contributed by atoms with E-state index < -0.39 is 0 Å². The number of hydrogen-bond acceptors (Lipinski definition) is 3. The molecule has 0 aromatic heterocycles. The van der Waals surface area contributed by atoms with E-state index in [0.717, 1.165) is 4.90 Å². The Morgan fingerprint density at radius 2 is 1.68 bits per heavy atom. The second-order valence-corrected chi connectivity index (χ2v) is 6.22. The van der Waals surface area contributed by atoms with Crippen molar-refractivity contribution in [2.45, 2.75) is 39.2 Å². The topological polar surface area (TPSA) is 66.5 Å². The molecule has 0 aromatic rings. The lowest BCUT2D eigenvalue weighted by Crippen LogP contribution is -2.47. The van der Waals surface area contributed by atoms with Crippen LogP contribution in [0.1, 0.15) is 33.6 Å². The number of hydrogen-bond donors (Lipinski definition) is 1. The van der Waals surface area contributed by atoms with Crippen molar-refractivity contribution in [1.29, 1.82) is 0 Å². The second kappa shape index (κ2) is 4.79. The summed E-state index contributed by atoms with van der Waals surface area (Å²) >= 11 is 0. The van der Waals surface area contributed by atoms with E-state index in [1.165, 1.54) is 0 Å². The fraction of sp³-hybridized carbons (Fsp3) is 0.643. The molecule has 0 saturated carbocycles. The van der Waals surface area contributed by atoms with Crippen LogP contribution in [-0.4, -0.2) is 34.7 Å². The molecule has 104 valence electrons. The zero-order chi connectivity index (χ0) is 14.2. The number of amides is 3. The zero-order valence-electron chi connectivity index (χ0n) is 11.6. The van der Waals surface area contributed by atoms with Crippen LogP contribution in [0.3, 0.4) is 0 Å². The summed E-state index contributed by atoms with van der Waals surface area (Å²) in [6.07, 6.45) is 5.08. The molecular formula is C14H20N2O3. The first-order valence-corrected chi connectivity index (χ1v) is 6.61. The molecule has 1 heterocycles. The van der Waals surface area contributed by atoms with Crippen LogP contribution in [0, 0.1) is 11.8 Å². The first kappa shape index (κ1) is 13.8. The van der Waals surface area contributed by atoms with Gasteiger partial charge in [-0.2, -0.15) is 0 Å². The Morgan fingerprint density at radius 3 is 2.11 bits per heavy atom. The molecular weight excluding hydrogens is 244 g/mol. The van der Waals surface area contributed by atoms with Gasteiger partial charge in [0.05, 0.1) is 11.8 Å². The molecule has 5 nitrogen and oxygen atoms in total. The molecule has 19 heavy (non-hydrogen) atoms. The van der Waals surface area contributed by atoms with Crippen molar-refractivity contribution in [3.8, 4) is 0 Å². The molecule has 0 radical (unpaired) electrons. The maximum Gasteiger partial charge on any atom is 0.240 e. The van der Waals surface area contributed by atoms with Crippen LogP contribution < -0.4 is 5.32 Å². The van der Waals surface area contributed by atoms with Gasteiger partial charge in [0.1, 0.15) is 6.54 Å². The lowest BCUT2D eigenvalue weighted by molar-refractivity contribution is -0.144. The highest BCUT2D eigenvalue weighted by atomic mass is 16.2. The minimum Gasteiger partial charge on any atom is -0.350 e. The van der Waals surface area contributed by atoms with Gasteiger partial charge in [-0.25, -0.2) is 0 Å². The third-order valence-electron chi connectivity index (χ3n) is 3.41. The van der Waals surface area contributed by atoms with Crippen LogP contribution in [0.5, 0.6) is 0 Å². The highest BCUT2D eigenvalue weighted by molar-refractivity contribution is 6.07. The fourth-order valence-corrected chi connectivity index (χ4v) is 2.63. The van der Waals surface area contributed by atoms with Gasteiger partial charge in [0.25, 0.3) is 0 Å². The van der Waals surface area contributed by atoms with Crippen molar-refractivity contribution in [1.82, 2.24) is 10.2 Å². The highest BCUT2D eigenvalue weighted by Crippen LogP contribution is 2.34. The van der Waals surface area contributed by atoms with E-state index in [1.807, 2.05) is 32.9 Å². The van der Waals surface area contributed by atoms with Gasteiger partial charge in [0, 0.05) is 5.54 Å². The van der Waals surface area contributed by atoms with Crippen molar-refractivity contribution < 1.29 is 14.4 Å². The van der Waals surface area contributed by atoms with Gasteiger partial charge in [0.2, 0.25) is 17.7 Å². The summed E-state index contributed by atoms with van der Waals surface area (Å²) in [5, 5.41) is 2.77. The van der Waals surface area contributed by atoms with Crippen molar-refractivity contribution in [3.05, 3.63) is 12.2 Å². The number of fused-ring (bicyclic) bond motifs is 1. The molecule has 2 aliphatic rings. The van der Waals surface area contributed by atoms with Gasteiger partial charge in [-0.3, -0.25) is 19.3 Å². The molecule has 1 aliphatic carbocycles. The first-order valence-electron chi connectivity index (χ1n) is 6.61. The maximum absolute atomic E-state index is 12.1. The van der Waals surface area contributed by atoms with Crippen LogP contribution in [0.2, 0.25) is 0 Å². The predicted molar refractivity (Wildman–Crippen MR) is 70.0 cm³/mol. The number of imide groups is 1. The number of nitrogens with one attached hydrogen (secondary N) is 1. The number of carbonyl (C=O) groups excluding carboxylic acids is 3. The van der Waals surface area contributed by atoms with Crippen molar-refractivity contribution in [2.75, 3.05) is 6.54 Å². The Bertz CT molecular complexity index is 422. The Morgan fingerprint density at radius 1 is 1.21 bits per heavy atom. The molecule has 0 aromatic carbocycles. The van der Waals surface area contributed by atoms with E-state index in [9.17, 15) is 14.4 Å². The van der Waals surface area contributed by atoms with E-state index in [-0.39, 0.29) is 41.6 Å². The predicted octanol–water partition coefficient (Wildman–Crippen LogP) is 0.852. The summed E-state index contributed by atoms with van der Waals surface area (Å²) in [7, 11) is 0.